The number of fused-ring (bicyclic) bond motifs is 1. The number of hydrogen-bond donors (Lipinski definition) is 0. The van der Waals surface area contributed by atoms with E-state index in [2.05, 4.69) is 0 Å². The maximum Gasteiger partial charge on any atom is 0.331 e. The molecule has 0 spiro atoms. The van der Waals surface area contributed by atoms with E-state index in [1.165, 1.54) is 17.7 Å². The Labute approximate surface area is 162 Å². The average molecular weight is 408 g/mol. The molecule has 0 unspecified atom stereocenters. The van der Waals surface area contributed by atoms with Gasteiger partial charge in [0.1, 0.15) is 4.70 Å². The Bertz CT molecular complexity index is 1190. The lowest BCUT2D eigenvalue weighted by Gasteiger charge is -2.08. The number of hydrogen-bond acceptors (Lipinski definition) is 5. The average Bonchev–Trinajstić information content (AvgIpc) is 3.07. The van der Waals surface area contributed by atoms with Crippen LogP contribution in [0.3, 0.4) is 0 Å². The summed E-state index contributed by atoms with van der Waals surface area (Å²) in [5.74, 6) is -0.564. The molecule has 0 aliphatic heterocycles. The standard InChI is InChI=1S/C18H15ClFN3O3S/c1-3-22-17(24)16-13(23(18(22)25)6-4-5-21)9-15(27-16)10-7-14(26-2)12(20)8-11(10)19/h7-9H,3-4,6H2,1-2H3. The Morgan fingerprint density at radius 3 is 2.67 bits per heavy atom. The van der Waals surface area contributed by atoms with Crippen molar-refractivity contribution in [2.24, 2.45) is 0 Å². The zero-order valence-corrected chi connectivity index (χ0v) is 16.2. The van der Waals surface area contributed by atoms with Gasteiger partial charge in [0, 0.05) is 23.5 Å². The summed E-state index contributed by atoms with van der Waals surface area (Å²) in [6.45, 7) is 2.10. The molecule has 0 amide bonds. The van der Waals surface area contributed by atoms with Gasteiger partial charge in [0.05, 0.1) is 30.1 Å². The molecule has 3 rings (SSSR count). The summed E-state index contributed by atoms with van der Waals surface area (Å²) >= 11 is 7.35. The summed E-state index contributed by atoms with van der Waals surface area (Å²) < 4.78 is 21.8. The maximum atomic E-state index is 13.8. The van der Waals surface area contributed by atoms with Gasteiger partial charge in [-0.25, -0.2) is 9.18 Å². The molecule has 0 radical (unpaired) electrons. The van der Waals surface area contributed by atoms with Crippen LogP contribution in [-0.4, -0.2) is 16.2 Å². The van der Waals surface area contributed by atoms with E-state index in [1.54, 1.807) is 13.0 Å². The SMILES string of the molecule is CCn1c(=O)c2sc(-c3cc(OC)c(F)cc3Cl)cc2n(CCC#N)c1=O. The molecular formula is C18H15ClFN3O3S. The second kappa shape index (κ2) is 7.55. The molecule has 0 saturated heterocycles. The monoisotopic (exact) mass is 407 g/mol. The van der Waals surface area contributed by atoms with E-state index in [0.717, 1.165) is 22.0 Å². The van der Waals surface area contributed by atoms with Crippen molar-refractivity contribution >= 4 is 33.2 Å². The summed E-state index contributed by atoms with van der Waals surface area (Å²) in [4.78, 5) is 25.9. The van der Waals surface area contributed by atoms with Gasteiger partial charge in [0.15, 0.2) is 11.6 Å². The first kappa shape index (κ1) is 19.1. The Hall–Kier alpha value is -2.63. The topological polar surface area (TPSA) is 77.0 Å². The molecule has 0 N–H and O–H groups in total. The molecule has 0 aliphatic carbocycles. The van der Waals surface area contributed by atoms with E-state index >= 15 is 0 Å². The number of aryl methyl sites for hydroxylation is 1. The first-order valence-electron chi connectivity index (χ1n) is 8.10. The number of rotatable bonds is 5. The summed E-state index contributed by atoms with van der Waals surface area (Å²) in [5.41, 5.74) is 0.0756. The number of thiophene rings is 1. The summed E-state index contributed by atoms with van der Waals surface area (Å²) in [7, 11) is 1.35. The lowest BCUT2D eigenvalue weighted by molar-refractivity contribution is 0.387. The number of ether oxygens (including phenoxy) is 1. The van der Waals surface area contributed by atoms with Gasteiger partial charge >= 0.3 is 5.69 Å². The van der Waals surface area contributed by atoms with Crippen molar-refractivity contribution in [3.05, 3.63) is 49.9 Å². The normalized spacial score (nSPS) is 10.9. The number of nitriles is 1. The van der Waals surface area contributed by atoms with E-state index in [1.807, 2.05) is 6.07 Å². The van der Waals surface area contributed by atoms with Gasteiger partial charge < -0.3 is 4.74 Å². The first-order valence-corrected chi connectivity index (χ1v) is 9.29. The number of methoxy groups -OCH3 is 1. The highest BCUT2D eigenvalue weighted by Crippen LogP contribution is 2.38. The second-order valence-corrected chi connectivity index (χ2v) is 7.14. The minimum absolute atomic E-state index is 0.0275. The van der Waals surface area contributed by atoms with Gasteiger partial charge in [-0.1, -0.05) is 11.6 Å². The Kier molecular flexibility index (Phi) is 5.35. The quantitative estimate of drug-likeness (QED) is 0.647. The third-order valence-electron chi connectivity index (χ3n) is 4.17. The van der Waals surface area contributed by atoms with E-state index in [4.69, 9.17) is 21.6 Å². The highest BCUT2D eigenvalue weighted by molar-refractivity contribution is 7.22. The molecule has 0 atom stereocenters. The highest BCUT2D eigenvalue weighted by Gasteiger charge is 2.19. The van der Waals surface area contributed by atoms with Crippen LogP contribution in [0.2, 0.25) is 5.02 Å². The van der Waals surface area contributed by atoms with Crippen LogP contribution in [0.5, 0.6) is 5.75 Å². The zero-order chi connectivity index (χ0) is 19.7. The largest absolute Gasteiger partial charge is 0.494 e. The zero-order valence-electron chi connectivity index (χ0n) is 14.6. The van der Waals surface area contributed by atoms with Gasteiger partial charge in [0.25, 0.3) is 5.56 Å². The van der Waals surface area contributed by atoms with E-state index in [-0.39, 0.29) is 30.3 Å². The molecule has 0 aliphatic rings. The molecule has 140 valence electrons. The van der Waals surface area contributed by atoms with Crippen LogP contribution in [0.15, 0.2) is 27.8 Å². The molecule has 0 saturated carbocycles. The van der Waals surface area contributed by atoms with Gasteiger partial charge in [-0.2, -0.15) is 5.26 Å². The van der Waals surface area contributed by atoms with Crippen LogP contribution in [0.4, 0.5) is 4.39 Å². The molecule has 2 aromatic heterocycles. The van der Waals surface area contributed by atoms with Crippen molar-refractivity contribution in [3.63, 3.8) is 0 Å². The van der Waals surface area contributed by atoms with Gasteiger partial charge in [0.2, 0.25) is 0 Å². The third kappa shape index (κ3) is 3.24. The Morgan fingerprint density at radius 1 is 1.30 bits per heavy atom. The van der Waals surface area contributed by atoms with Crippen molar-refractivity contribution in [1.82, 2.24) is 9.13 Å². The van der Waals surface area contributed by atoms with Crippen molar-refractivity contribution in [2.45, 2.75) is 26.4 Å². The van der Waals surface area contributed by atoms with E-state index in [0.29, 0.717) is 20.7 Å². The van der Waals surface area contributed by atoms with Gasteiger partial charge in [-0.3, -0.25) is 13.9 Å². The highest BCUT2D eigenvalue weighted by atomic mass is 35.5. The predicted octanol–water partition coefficient (Wildman–Crippen LogP) is 3.63. The fourth-order valence-corrected chi connectivity index (χ4v) is 4.31. The lowest BCUT2D eigenvalue weighted by atomic mass is 10.1. The summed E-state index contributed by atoms with van der Waals surface area (Å²) in [6.07, 6.45) is 0.132. The third-order valence-corrected chi connectivity index (χ3v) is 5.63. The minimum Gasteiger partial charge on any atom is -0.494 e. The molecule has 6 nitrogen and oxygen atoms in total. The molecule has 0 bridgehead atoms. The van der Waals surface area contributed by atoms with Crippen LogP contribution >= 0.6 is 22.9 Å². The molecular weight excluding hydrogens is 393 g/mol. The van der Waals surface area contributed by atoms with Crippen LogP contribution in [0, 0.1) is 17.1 Å². The lowest BCUT2D eigenvalue weighted by Crippen LogP contribution is -2.39. The Morgan fingerprint density at radius 2 is 2.04 bits per heavy atom. The molecule has 1 aromatic carbocycles. The molecule has 3 aromatic rings. The molecule has 0 fully saturated rings. The van der Waals surface area contributed by atoms with Crippen LogP contribution in [-0.2, 0) is 13.1 Å². The van der Waals surface area contributed by atoms with Crippen molar-refractivity contribution in [2.75, 3.05) is 7.11 Å². The molecule has 9 heteroatoms. The predicted molar refractivity (Wildman–Crippen MR) is 103 cm³/mol. The molecule has 27 heavy (non-hydrogen) atoms. The van der Waals surface area contributed by atoms with E-state index in [9.17, 15) is 14.0 Å². The summed E-state index contributed by atoms with van der Waals surface area (Å²) in [5, 5.41) is 9.04. The van der Waals surface area contributed by atoms with Crippen molar-refractivity contribution in [1.29, 1.82) is 5.26 Å². The Balaban J connectivity index is 2.33. The van der Waals surface area contributed by atoms with Crippen LogP contribution < -0.4 is 16.0 Å². The van der Waals surface area contributed by atoms with Gasteiger partial charge in [-0.05, 0) is 25.1 Å². The second-order valence-electron chi connectivity index (χ2n) is 5.68. The number of aromatic nitrogens is 2. The fraction of sp³-hybridized carbons (Fsp3) is 0.278. The smallest absolute Gasteiger partial charge is 0.331 e. The maximum absolute atomic E-state index is 13.8. The summed E-state index contributed by atoms with van der Waals surface area (Å²) in [6, 6.07) is 6.27. The molecule has 2 heterocycles. The number of benzene rings is 1. The van der Waals surface area contributed by atoms with Crippen LogP contribution in [0.25, 0.3) is 20.7 Å². The number of nitrogens with zero attached hydrogens (tertiary/aromatic N) is 3. The van der Waals surface area contributed by atoms with Crippen molar-refractivity contribution < 1.29 is 9.13 Å². The fourth-order valence-electron chi connectivity index (χ4n) is 2.86. The number of halogens is 2. The van der Waals surface area contributed by atoms with Crippen molar-refractivity contribution in [3.8, 4) is 22.3 Å². The van der Waals surface area contributed by atoms with Crippen LogP contribution in [0.1, 0.15) is 13.3 Å². The minimum atomic E-state index is -0.591. The van der Waals surface area contributed by atoms with Gasteiger partial charge in [-0.15, -0.1) is 11.3 Å². The first-order chi connectivity index (χ1) is 12.9. The van der Waals surface area contributed by atoms with E-state index < -0.39 is 17.1 Å².